The SMILES string of the molecule is [2H]c1c([2H])c([2H])c(N(c2ccccc2)c2ccc3c(c2)c2c([2H])c([2H])c([2H])c([2H])c2n3-c2ccc3c(c2)N(c2cccc(-c4ccccc4)c2)c2cc(C(C)(C)C)cc4c2B3c2ccc(-n3c5c([2H])c([2H])c([2H])c([2H])c5c5c([2H])c([2H])c([2H])c([2H])c53)cc2N4CCc2cc(-c3ccccc3)cc(-c3ccccc3)c2)c([2H])c1[2H]. The molecule has 0 aliphatic carbocycles. The van der Waals surface area contributed by atoms with E-state index in [1.165, 1.54) is 0 Å². The summed E-state index contributed by atoms with van der Waals surface area (Å²) in [7, 11) is 0. The lowest BCUT2D eigenvalue weighted by Gasteiger charge is -2.45. The van der Waals surface area contributed by atoms with Gasteiger partial charge in [0.05, 0.1) is 45.4 Å². The van der Waals surface area contributed by atoms with Gasteiger partial charge in [0.2, 0.25) is 0 Å². The number of hydrogen-bond donors (Lipinski definition) is 0. The summed E-state index contributed by atoms with van der Waals surface area (Å²) in [4.78, 5) is 6.21. The van der Waals surface area contributed by atoms with Crippen LogP contribution in [0, 0.1) is 0 Å². The molecular weight excluding hydrogens is 1160 g/mol. The van der Waals surface area contributed by atoms with Crippen molar-refractivity contribution in [2.45, 2.75) is 32.6 Å². The molecule has 456 valence electrons. The number of aromatic nitrogens is 2. The van der Waals surface area contributed by atoms with E-state index >= 15 is 0 Å². The average molecular weight is 1250 g/mol. The van der Waals surface area contributed by atoms with Gasteiger partial charge in [-0.05, 0) is 188 Å². The van der Waals surface area contributed by atoms with Crippen LogP contribution in [0.15, 0.2) is 333 Å². The third kappa shape index (κ3) is 9.62. The molecule has 6 heteroatoms. The smallest absolute Gasteiger partial charge is 0.252 e. The summed E-state index contributed by atoms with van der Waals surface area (Å²) < 4.78 is 161. The lowest BCUT2D eigenvalue weighted by atomic mass is 9.33. The van der Waals surface area contributed by atoms with Crippen molar-refractivity contribution in [1.82, 2.24) is 9.13 Å². The molecule has 18 rings (SSSR count). The summed E-state index contributed by atoms with van der Waals surface area (Å²) in [6.07, 6.45) is 0.501. The van der Waals surface area contributed by atoms with Crippen molar-refractivity contribution in [3.05, 3.63) is 344 Å². The second kappa shape index (κ2) is 23.0. The molecule has 0 bridgehead atoms. The van der Waals surface area contributed by atoms with E-state index in [9.17, 15) is 13.7 Å². The quantitative estimate of drug-likeness (QED) is 0.114. The zero-order valence-electron chi connectivity index (χ0n) is 69.7. The van der Waals surface area contributed by atoms with Gasteiger partial charge in [0, 0.05) is 85.0 Å². The predicted molar refractivity (Wildman–Crippen MR) is 408 cm³/mol. The summed E-state index contributed by atoms with van der Waals surface area (Å²) in [5.74, 6) is 0. The van der Waals surface area contributed by atoms with E-state index in [1.807, 2.05) is 95.6 Å². The van der Waals surface area contributed by atoms with Crippen molar-refractivity contribution in [2.75, 3.05) is 21.2 Å². The minimum atomic E-state index is -0.589. The maximum Gasteiger partial charge on any atom is 0.252 e. The van der Waals surface area contributed by atoms with Gasteiger partial charge < -0.3 is 23.8 Å². The maximum absolute atomic E-state index is 9.93. The van der Waals surface area contributed by atoms with Gasteiger partial charge >= 0.3 is 0 Å². The van der Waals surface area contributed by atoms with E-state index in [1.54, 1.807) is 51.9 Å². The van der Waals surface area contributed by atoms with E-state index in [-0.39, 0.29) is 50.5 Å². The fourth-order valence-corrected chi connectivity index (χ4v) is 14.5. The lowest BCUT2D eigenvalue weighted by Crippen LogP contribution is -2.62. The molecule has 0 saturated carbocycles. The predicted octanol–water partition coefficient (Wildman–Crippen LogP) is 21.6. The van der Waals surface area contributed by atoms with Crippen LogP contribution < -0.4 is 31.1 Å². The standard InChI is InChI=1S/C90H68BN5/c1-90(2,3)68-56-87-89-88(57-68)96(71-37-25-32-65(55-71)62-26-9-4-10-27-62)86-60-74(95-83-43-24-21-40-77(83)78-58-72(46-49-84(78)95)93(69-33-15-7-16-34-69)70-35-17-8-18-36-70)45-48-80(86)91(89)79-47-44-73(94-81-41-22-19-38-75(81)76-39-20-23-42-82(76)94)59-85(79)92(87)51-50-61-52-66(63-28-11-5-12-29-63)54-67(53-61)64-30-13-6-14-31-64/h4-49,52-60H,50-51H2,1-3H3/i7D,15D,16D,19D,20D,21D,22D,23D,24D,33D,34D,38D,39D,40D,41D,42D,43D. The van der Waals surface area contributed by atoms with Gasteiger partial charge in [-0.1, -0.05) is 239 Å². The molecule has 4 heterocycles. The second-order valence-corrected chi connectivity index (χ2v) is 25.6. The van der Waals surface area contributed by atoms with Crippen LogP contribution >= 0.6 is 0 Å². The van der Waals surface area contributed by atoms with Crippen molar-refractivity contribution in [3.8, 4) is 44.8 Å². The Morgan fingerprint density at radius 1 is 0.354 bits per heavy atom. The number of para-hydroxylation sites is 5. The Labute approximate surface area is 585 Å². The second-order valence-electron chi connectivity index (χ2n) is 25.6. The average Bonchev–Trinajstić information content (AvgIpc) is 1.26. The number of anilines is 8. The zero-order chi connectivity index (χ0) is 78.8. The van der Waals surface area contributed by atoms with Crippen molar-refractivity contribution in [1.29, 1.82) is 0 Å². The van der Waals surface area contributed by atoms with E-state index < -0.39 is 103 Å². The Bertz CT molecular complexity index is 6560. The van der Waals surface area contributed by atoms with Crippen molar-refractivity contribution >= 4 is 112 Å². The van der Waals surface area contributed by atoms with Crippen LogP contribution in [-0.4, -0.2) is 22.4 Å². The van der Waals surface area contributed by atoms with Gasteiger partial charge in [0.25, 0.3) is 6.71 Å². The first-order valence-corrected chi connectivity index (χ1v) is 32.2. The van der Waals surface area contributed by atoms with Crippen LogP contribution in [0.3, 0.4) is 0 Å². The van der Waals surface area contributed by atoms with Crippen LogP contribution in [0.5, 0.6) is 0 Å². The van der Waals surface area contributed by atoms with Gasteiger partial charge in [-0.15, -0.1) is 0 Å². The lowest BCUT2D eigenvalue weighted by molar-refractivity contribution is 0.590. The third-order valence-electron chi connectivity index (χ3n) is 19.0. The largest absolute Gasteiger partial charge is 0.342 e. The van der Waals surface area contributed by atoms with Gasteiger partial charge in [0.15, 0.2) is 0 Å². The summed E-state index contributed by atoms with van der Waals surface area (Å²) in [5.41, 5.74) is 16.4. The van der Waals surface area contributed by atoms with Crippen LogP contribution in [0.4, 0.5) is 45.5 Å². The fourth-order valence-electron chi connectivity index (χ4n) is 14.5. The molecule has 0 fully saturated rings. The molecule has 96 heavy (non-hydrogen) atoms. The summed E-state index contributed by atoms with van der Waals surface area (Å²) in [5, 5.41) is 0.494. The Hall–Kier alpha value is -11.9. The number of benzene rings is 14. The van der Waals surface area contributed by atoms with Crippen molar-refractivity contribution in [3.63, 3.8) is 0 Å². The molecule has 0 atom stereocenters. The first-order chi connectivity index (χ1) is 54.3. The number of rotatable bonds is 12. The highest BCUT2D eigenvalue weighted by Crippen LogP contribution is 2.48. The normalized spacial score (nSPS) is 15.0. The maximum atomic E-state index is 9.93. The number of fused-ring (bicyclic) bond motifs is 10. The molecule has 16 aromatic rings. The Morgan fingerprint density at radius 3 is 1.47 bits per heavy atom. The Balaban J connectivity index is 0.923. The number of nitrogens with zero attached hydrogens (tertiary/aromatic N) is 5. The van der Waals surface area contributed by atoms with Crippen LogP contribution in [0.1, 0.15) is 55.2 Å². The molecule has 0 spiro atoms. The summed E-state index contributed by atoms with van der Waals surface area (Å²) in [6.45, 7) is 6.33. The number of hydrogen-bond acceptors (Lipinski definition) is 3. The first-order valence-electron chi connectivity index (χ1n) is 40.7. The molecule has 5 nitrogen and oxygen atoms in total. The molecule has 2 aliphatic heterocycles. The summed E-state index contributed by atoms with van der Waals surface area (Å²) in [6, 6.07) is 68.6. The molecule has 0 saturated heterocycles. The van der Waals surface area contributed by atoms with Gasteiger partial charge in [-0.2, -0.15) is 0 Å². The topological polar surface area (TPSA) is 19.6 Å². The van der Waals surface area contributed by atoms with E-state index in [0.717, 1.165) is 83.6 Å². The van der Waals surface area contributed by atoms with Crippen LogP contribution in [0.2, 0.25) is 0 Å². The molecule has 14 aromatic carbocycles. The minimum absolute atomic E-state index is 0.0122. The van der Waals surface area contributed by atoms with Gasteiger partial charge in [0.1, 0.15) is 0 Å². The molecule has 0 radical (unpaired) electrons. The van der Waals surface area contributed by atoms with Gasteiger partial charge in [-0.3, -0.25) is 0 Å². The first kappa shape index (κ1) is 41.7. The highest BCUT2D eigenvalue weighted by molar-refractivity contribution is 7.00. The monoisotopic (exact) mass is 1250 g/mol. The highest BCUT2D eigenvalue weighted by Gasteiger charge is 2.44. The molecule has 0 unspecified atom stereocenters. The molecule has 0 N–H and O–H groups in total. The van der Waals surface area contributed by atoms with Crippen LogP contribution in [-0.2, 0) is 11.8 Å². The minimum Gasteiger partial charge on any atom is -0.342 e. The van der Waals surface area contributed by atoms with E-state index in [2.05, 4.69) is 128 Å². The van der Waals surface area contributed by atoms with Crippen LogP contribution in [0.25, 0.3) is 88.4 Å². The molecule has 0 amide bonds. The third-order valence-corrected chi connectivity index (χ3v) is 19.0. The molecular formula is C90H68BN5. The van der Waals surface area contributed by atoms with Crippen molar-refractivity contribution in [2.24, 2.45) is 0 Å². The Kier molecular flexibility index (Phi) is 9.99. The fraction of sp³-hybridized carbons (Fsp3) is 0.0667. The Morgan fingerprint density at radius 2 is 0.865 bits per heavy atom. The van der Waals surface area contributed by atoms with E-state index in [0.29, 0.717) is 52.3 Å². The molecule has 2 aromatic heterocycles. The zero-order valence-corrected chi connectivity index (χ0v) is 52.7. The van der Waals surface area contributed by atoms with Crippen molar-refractivity contribution < 1.29 is 23.3 Å². The molecule has 2 aliphatic rings. The summed E-state index contributed by atoms with van der Waals surface area (Å²) >= 11 is 0. The van der Waals surface area contributed by atoms with Gasteiger partial charge in [-0.25, -0.2) is 0 Å². The van der Waals surface area contributed by atoms with E-state index in [4.69, 9.17) is 9.60 Å². The highest BCUT2D eigenvalue weighted by atomic mass is 15.2.